The Balaban J connectivity index is 4.13. The van der Waals surface area contributed by atoms with E-state index < -0.39 is 17.8 Å². The summed E-state index contributed by atoms with van der Waals surface area (Å²) in [6.07, 6.45) is 2.82. The number of nitrogens with one attached hydrogen (secondary N) is 1. The van der Waals surface area contributed by atoms with Gasteiger partial charge < -0.3 is 15.2 Å². The molecule has 2 atom stereocenters. The maximum atomic E-state index is 11.5. The van der Waals surface area contributed by atoms with E-state index in [0.29, 0.717) is 6.42 Å². The standard InChI is InChI=1S/C13H25NO3/c1-6-8-11(15)9-10(7-2)14-12(16)17-13(3,4)5/h7,10-11,15H,2,6,8-9H2,1,3-5H3,(H,14,16)/t10-,11+/m0/s1. The molecule has 0 rings (SSSR count). The molecule has 4 nitrogen and oxygen atoms in total. The van der Waals surface area contributed by atoms with Crippen molar-refractivity contribution in [3.63, 3.8) is 0 Å². The number of hydrogen-bond donors (Lipinski definition) is 2. The van der Waals surface area contributed by atoms with Crippen LogP contribution < -0.4 is 5.32 Å². The Kier molecular flexibility index (Phi) is 6.88. The lowest BCUT2D eigenvalue weighted by Crippen LogP contribution is -2.39. The Morgan fingerprint density at radius 2 is 2.12 bits per heavy atom. The van der Waals surface area contributed by atoms with Crippen LogP contribution in [0.1, 0.15) is 47.0 Å². The van der Waals surface area contributed by atoms with Gasteiger partial charge in [0.2, 0.25) is 0 Å². The van der Waals surface area contributed by atoms with Gasteiger partial charge >= 0.3 is 6.09 Å². The molecular formula is C13H25NO3. The molecule has 4 heteroatoms. The van der Waals surface area contributed by atoms with E-state index in [1.54, 1.807) is 26.8 Å². The molecule has 0 saturated heterocycles. The topological polar surface area (TPSA) is 58.6 Å². The first-order chi connectivity index (χ1) is 7.78. The van der Waals surface area contributed by atoms with Crippen LogP contribution in [0.25, 0.3) is 0 Å². The van der Waals surface area contributed by atoms with Crippen molar-refractivity contribution in [2.45, 2.75) is 64.7 Å². The minimum Gasteiger partial charge on any atom is -0.444 e. The molecule has 0 bridgehead atoms. The zero-order chi connectivity index (χ0) is 13.5. The van der Waals surface area contributed by atoms with Crippen LogP contribution in [-0.2, 0) is 4.74 Å². The number of aliphatic hydroxyl groups excluding tert-OH is 1. The van der Waals surface area contributed by atoms with E-state index in [1.807, 2.05) is 6.92 Å². The van der Waals surface area contributed by atoms with Gasteiger partial charge in [-0.3, -0.25) is 0 Å². The summed E-state index contributed by atoms with van der Waals surface area (Å²) in [7, 11) is 0. The smallest absolute Gasteiger partial charge is 0.408 e. The summed E-state index contributed by atoms with van der Waals surface area (Å²) in [4.78, 5) is 11.5. The Labute approximate surface area is 104 Å². The molecule has 0 heterocycles. The number of hydrogen-bond acceptors (Lipinski definition) is 3. The maximum absolute atomic E-state index is 11.5. The highest BCUT2D eigenvalue weighted by molar-refractivity contribution is 5.68. The first-order valence-corrected chi connectivity index (χ1v) is 6.08. The Morgan fingerprint density at radius 3 is 2.53 bits per heavy atom. The molecule has 0 aromatic carbocycles. The molecule has 0 aliphatic rings. The molecule has 0 radical (unpaired) electrons. The van der Waals surface area contributed by atoms with Crippen molar-refractivity contribution in [3.05, 3.63) is 12.7 Å². The minimum absolute atomic E-state index is 0.258. The summed E-state index contributed by atoms with van der Waals surface area (Å²) in [5, 5.41) is 12.3. The lowest BCUT2D eigenvalue weighted by Gasteiger charge is -2.23. The van der Waals surface area contributed by atoms with E-state index in [2.05, 4.69) is 11.9 Å². The van der Waals surface area contributed by atoms with E-state index in [4.69, 9.17) is 4.74 Å². The molecule has 1 amide bonds. The lowest BCUT2D eigenvalue weighted by molar-refractivity contribution is 0.0497. The summed E-state index contributed by atoms with van der Waals surface area (Å²) in [6, 6.07) is -0.258. The van der Waals surface area contributed by atoms with Crippen molar-refractivity contribution in [1.29, 1.82) is 0 Å². The predicted octanol–water partition coefficient (Wildman–Crippen LogP) is 2.62. The van der Waals surface area contributed by atoms with E-state index in [0.717, 1.165) is 12.8 Å². The molecule has 0 spiro atoms. The monoisotopic (exact) mass is 243 g/mol. The number of ether oxygens (including phenoxy) is 1. The van der Waals surface area contributed by atoms with Crippen molar-refractivity contribution < 1.29 is 14.6 Å². The third kappa shape index (κ3) is 8.74. The molecule has 0 fully saturated rings. The molecule has 2 N–H and O–H groups in total. The average Bonchev–Trinajstić information content (AvgIpc) is 2.13. The van der Waals surface area contributed by atoms with Crippen LogP contribution in [0.4, 0.5) is 4.79 Å². The molecule has 0 saturated carbocycles. The van der Waals surface area contributed by atoms with Gasteiger partial charge in [0.05, 0.1) is 12.1 Å². The van der Waals surface area contributed by atoms with Gasteiger partial charge in [-0.05, 0) is 33.6 Å². The molecule has 17 heavy (non-hydrogen) atoms. The fourth-order valence-electron chi connectivity index (χ4n) is 1.42. The SMILES string of the molecule is C=C[C@@H](C[C@H](O)CCC)NC(=O)OC(C)(C)C. The third-order valence-electron chi connectivity index (χ3n) is 2.13. The van der Waals surface area contributed by atoms with E-state index in [-0.39, 0.29) is 6.04 Å². The van der Waals surface area contributed by atoms with Crippen LogP contribution in [0.2, 0.25) is 0 Å². The summed E-state index contributed by atoms with van der Waals surface area (Å²) in [6.45, 7) is 11.1. The quantitative estimate of drug-likeness (QED) is 0.705. The van der Waals surface area contributed by atoms with Gasteiger partial charge in [0.15, 0.2) is 0 Å². The van der Waals surface area contributed by atoms with Crippen molar-refractivity contribution >= 4 is 6.09 Å². The van der Waals surface area contributed by atoms with E-state index in [9.17, 15) is 9.90 Å². The van der Waals surface area contributed by atoms with Crippen LogP contribution >= 0.6 is 0 Å². The van der Waals surface area contributed by atoms with Gasteiger partial charge in [0, 0.05) is 0 Å². The lowest BCUT2D eigenvalue weighted by atomic mass is 10.1. The fourth-order valence-corrected chi connectivity index (χ4v) is 1.42. The Morgan fingerprint density at radius 1 is 1.53 bits per heavy atom. The number of amides is 1. The highest BCUT2D eigenvalue weighted by Crippen LogP contribution is 2.09. The van der Waals surface area contributed by atoms with Crippen LogP contribution in [0.5, 0.6) is 0 Å². The Bertz CT molecular complexity index is 246. The zero-order valence-electron chi connectivity index (χ0n) is 11.3. The largest absolute Gasteiger partial charge is 0.444 e. The normalized spacial score (nSPS) is 14.9. The number of rotatable bonds is 6. The van der Waals surface area contributed by atoms with E-state index >= 15 is 0 Å². The summed E-state index contributed by atoms with van der Waals surface area (Å²) >= 11 is 0. The average molecular weight is 243 g/mol. The van der Waals surface area contributed by atoms with Gasteiger partial charge in [-0.15, -0.1) is 6.58 Å². The molecule has 0 aliphatic heterocycles. The molecule has 0 aromatic heterocycles. The second kappa shape index (κ2) is 7.33. The second-order valence-corrected chi connectivity index (χ2v) is 5.17. The molecule has 100 valence electrons. The minimum atomic E-state index is -0.516. The number of carbonyl (C=O) groups excluding carboxylic acids is 1. The highest BCUT2D eigenvalue weighted by atomic mass is 16.6. The zero-order valence-corrected chi connectivity index (χ0v) is 11.3. The number of carbonyl (C=O) groups is 1. The van der Waals surface area contributed by atoms with E-state index in [1.165, 1.54) is 0 Å². The molecular weight excluding hydrogens is 218 g/mol. The van der Waals surface area contributed by atoms with Crippen molar-refractivity contribution in [1.82, 2.24) is 5.32 Å². The van der Waals surface area contributed by atoms with Crippen LogP contribution in [0, 0.1) is 0 Å². The third-order valence-corrected chi connectivity index (χ3v) is 2.13. The van der Waals surface area contributed by atoms with Crippen molar-refractivity contribution in [2.75, 3.05) is 0 Å². The van der Waals surface area contributed by atoms with Crippen molar-refractivity contribution in [3.8, 4) is 0 Å². The van der Waals surface area contributed by atoms with Gasteiger partial charge in [-0.1, -0.05) is 19.4 Å². The molecule has 0 aromatic rings. The first-order valence-electron chi connectivity index (χ1n) is 6.08. The van der Waals surface area contributed by atoms with Crippen molar-refractivity contribution in [2.24, 2.45) is 0 Å². The molecule has 0 unspecified atom stereocenters. The number of aliphatic hydroxyl groups is 1. The van der Waals surface area contributed by atoms with Gasteiger partial charge in [0.1, 0.15) is 5.60 Å². The summed E-state index contributed by atoms with van der Waals surface area (Å²) < 4.78 is 5.13. The fraction of sp³-hybridized carbons (Fsp3) is 0.769. The van der Waals surface area contributed by atoms with Gasteiger partial charge in [-0.25, -0.2) is 4.79 Å². The highest BCUT2D eigenvalue weighted by Gasteiger charge is 2.19. The predicted molar refractivity (Wildman–Crippen MR) is 68.9 cm³/mol. The summed E-state index contributed by atoms with van der Waals surface area (Å²) in [5.74, 6) is 0. The molecule has 0 aliphatic carbocycles. The maximum Gasteiger partial charge on any atom is 0.408 e. The van der Waals surface area contributed by atoms with Crippen LogP contribution in [0.3, 0.4) is 0 Å². The summed E-state index contributed by atoms with van der Waals surface area (Å²) in [5.41, 5.74) is -0.516. The van der Waals surface area contributed by atoms with Crippen LogP contribution in [-0.4, -0.2) is 28.9 Å². The second-order valence-electron chi connectivity index (χ2n) is 5.17. The number of alkyl carbamates (subject to hydrolysis) is 1. The van der Waals surface area contributed by atoms with Gasteiger partial charge in [0.25, 0.3) is 0 Å². The Hall–Kier alpha value is -1.03. The van der Waals surface area contributed by atoms with Crippen LogP contribution in [0.15, 0.2) is 12.7 Å². The van der Waals surface area contributed by atoms with Gasteiger partial charge in [-0.2, -0.15) is 0 Å². The first kappa shape index (κ1) is 16.0.